The monoisotopic (exact) mass is 559 g/mol. The Morgan fingerprint density at radius 1 is 1.05 bits per heavy atom. The molecule has 3 aliphatic heterocycles. The van der Waals surface area contributed by atoms with Crippen LogP contribution in [0.5, 0.6) is 11.5 Å². The van der Waals surface area contributed by atoms with Gasteiger partial charge in [-0.25, -0.2) is 28.3 Å². The van der Waals surface area contributed by atoms with E-state index in [0.717, 1.165) is 23.0 Å². The third kappa shape index (κ3) is 4.50. The van der Waals surface area contributed by atoms with Crippen LogP contribution in [-0.4, -0.2) is 55.9 Å². The fourth-order valence-corrected chi connectivity index (χ4v) is 6.02. The van der Waals surface area contributed by atoms with Crippen molar-refractivity contribution in [1.29, 1.82) is 0 Å². The van der Waals surface area contributed by atoms with Gasteiger partial charge in [0.05, 0.1) is 12.2 Å². The summed E-state index contributed by atoms with van der Waals surface area (Å²) < 4.78 is 16.1. The topological polar surface area (TPSA) is 131 Å². The predicted molar refractivity (Wildman–Crippen MR) is 151 cm³/mol. The van der Waals surface area contributed by atoms with Gasteiger partial charge in [-0.2, -0.15) is 0 Å². The number of ketones is 1. The van der Waals surface area contributed by atoms with Crippen LogP contribution in [0.15, 0.2) is 63.7 Å². The summed E-state index contributed by atoms with van der Waals surface area (Å²) in [6, 6.07) is 10.9. The molecule has 1 aromatic heterocycles. The maximum absolute atomic E-state index is 13.8. The van der Waals surface area contributed by atoms with Gasteiger partial charge < -0.3 is 20.1 Å². The Morgan fingerprint density at radius 3 is 2.41 bits per heavy atom. The number of hydrogen-bond donors (Lipinski definition) is 1. The maximum Gasteiger partial charge on any atom is 0.415 e. The Balaban J connectivity index is 1.36. The lowest BCUT2D eigenvalue weighted by molar-refractivity contribution is 0.101. The van der Waals surface area contributed by atoms with E-state index in [-0.39, 0.29) is 12.3 Å². The SMILES string of the molecule is CC(=O)c1ccc(-n2c(=O)n3n(c2=O)C2C(=CC3)C(C)(C)Oc3cc(OC(=O)N4CCC(CN)CC4)ccc32)cc1. The van der Waals surface area contributed by atoms with Crippen molar-refractivity contribution in [3.63, 3.8) is 0 Å². The summed E-state index contributed by atoms with van der Waals surface area (Å²) in [5.41, 5.74) is 6.40. The highest BCUT2D eigenvalue weighted by Gasteiger charge is 2.44. The molecule has 0 saturated carbocycles. The number of piperidine rings is 1. The summed E-state index contributed by atoms with van der Waals surface area (Å²) in [6.45, 7) is 7.29. The normalized spacial score (nSPS) is 19.4. The van der Waals surface area contributed by atoms with Crippen LogP contribution in [0, 0.1) is 5.92 Å². The van der Waals surface area contributed by atoms with Crippen LogP contribution in [-0.2, 0) is 6.54 Å². The lowest BCUT2D eigenvalue weighted by atomic mass is 9.83. The van der Waals surface area contributed by atoms with Crippen LogP contribution in [0.1, 0.15) is 55.6 Å². The zero-order valence-electron chi connectivity index (χ0n) is 23.3. The Bertz CT molecular complexity index is 1690. The van der Waals surface area contributed by atoms with Gasteiger partial charge in [0, 0.05) is 30.3 Å². The molecule has 1 unspecified atom stereocenters. The molecule has 11 heteroatoms. The summed E-state index contributed by atoms with van der Waals surface area (Å²) in [5, 5.41) is 0. The van der Waals surface area contributed by atoms with Gasteiger partial charge in [0.25, 0.3) is 0 Å². The van der Waals surface area contributed by atoms with Gasteiger partial charge >= 0.3 is 17.5 Å². The maximum atomic E-state index is 13.8. The van der Waals surface area contributed by atoms with Crippen LogP contribution in [0.3, 0.4) is 0 Å². The second-order valence-corrected chi connectivity index (χ2v) is 11.3. The lowest BCUT2D eigenvalue weighted by Crippen LogP contribution is -2.46. The zero-order chi connectivity index (χ0) is 29.1. The Morgan fingerprint density at radius 2 is 1.76 bits per heavy atom. The number of fused-ring (bicyclic) bond motifs is 5. The number of hydrogen-bond acceptors (Lipinski definition) is 7. The molecular formula is C30H33N5O6. The molecule has 0 radical (unpaired) electrons. The first kappa shape index (κ1) is 26.8. The van der Waals surface area contributed by atoms with Crippen LogP contribution >= 0.6 is 0 Å². The van der Waals surface area contributed by atoms with Gasteiger partial charge in [-0.3, -0.25) is 4.79 Å². The van der Waals surface area contributed by atoms with Crippen molar-refractivity contribution < 1.29 is 19.1 Å². The number of carbonyl (C=O) groups excluding carboxylic acids is 2. The molecule has 0 spiro atoms. The molecule has 1 fully saturated rings. The number of benzene rings is 2. The van der Waals surface area contributed by atoms with Gasteiger partial charge in [-0.1, -0.05) is 6.08 Å². The zero-order valence-corrected chi connectivity index (χ0v) is 23.3. The molecule has 1 amide bonds. The summed E-state index contributed by atoms with van der Waals surface area (Å²) in [7, 11) is 0. The number of likely N-dealkylation sites (tertiary alicyclic amines) is 1. The smallest absolute Gasteiger partial charge is 0.415 e. The molecule has 1 saturated heterocycles. The average molecular weight is 560 g/mol. The molecule has 0 bridgehead atoms. The first-order valence-electron chi connectivity index (χ1n) is 13.8. The quantitative estimate of drug-likeness (QED) is 0.384. The minimum Gasteiger partial charge on any atom is -0.483 e. The first-order chi connectivity index (χ1) is 19.6. The molecule has 2 N–H and O–H groups in total. The number of ether oxygens (including phenoxy) is 2. The third-order valence-corrected chi connectivity index (χ3v) is 8.37. The van der Waals surface area contributed by atoms with Crippen molar-refractivity contribution in [2.75, 3.05) is 19.6 Å². The van der Waals surface area contributed by atoms with Crippen molar-refractivity contribution in [2.45, 2.75) is 51.8 Å². The molecule has 1 atom stereocenters. The molecule has 41 heavy (non-hydrogen) atoms. The average Bonchev–Trinajstić information content (AvgIpc) is 3.22. The molecule has 6 rings (SSSR count). The van der Waals surface area contributed by atoms with Gasteiger partial charge in [-0.05, 0) is 88.0 Å². The van der Waals surface area contributed by atoms with E-state index in [2.05, 4.69) is 0 Å². The molecule has 2 aromatic carbocycles. The highest BCUT2D eigenvalue weighted by atomic mass is 16.6. The van der Waals surface area contributed by atoms with Gasteiger partial charge in [-0.15, -0.1) is 0 Å². The minimum atomic E-state index is -0.795. The number of Topliss-reactive ketones (excluding diaryl/α,β-unsaturated/α-hetero) is 1. The van der Waals surface area contributed by atoms with E-state index in [1.807, 2.05) is 19.9 Å². The van der Waals surface area contributed by atoms with Crippen LogP contribution in [0.4, 0.5) is 4.79 Å². The van der Waals surface area contributed by atoms with E-state index in [9.17, 15) is 19.2 Å². The molecule has 214 valence electrons. The molecule has 3 aromatic rings. The molecule has 11 nitrogen and oxygen atoms in total. The van der Waals surface area contributed by atoms with Crippen molar-refractivity contribution in [1.82, 2.24) is 18.8 Å². The summed E-state index contributed by atoms with van der Waals surface area (Å²) in [5.74, 6) is 1.12. The van der Waals surface area contributed by atoms with E-state index < -0.39 is 29.1 Å². The van der Waals surface area contributed by atoms with Crippen LogP contribution in [0.25, 0.3) is 5.69 Å². The lowest BCUT2D eigenvalue weighted by Gasteiger charge is -2.42. The van der Waals surface area contributed by atoms with Gasteiger partial charge in [0.1, 0.15) is 23.1 Å². The Hall–Kier alpha value is -4.38. The third-order valence-electron chi connectivity index (χ3n) is 8.37. The largest absolute Gasteiger partial charge is 0.483 e. The molecule has 0 aliphatic carbocycles. The van der Waals surface area contributed by atoms with Crippen LogP contribution in [0.2, 0.25) is 0 Å². The number of carbonyl (C=O) groups is 2. The predicted octanol–water partition coefficient (Wildman–Crippen LogP) is 2.87. The molecular weight excluding hydrogens is 526 g/mol. The molecule has 4 heterocycles. The van der Waals surface area contributed by atoms with Gasteiger partial charge in [0.2, 0.25) is 0 Å². The summed E-state index contributed by atoms with van der Waals surface area (Å²) >= 11 is 0. The van der Waals surface area contributed by atoms with Crippen molar-refractivity contribution >= 4 is 11.9 Å². The van der Waals surface area contributed by atoms with E-state index in [4.69, 9.17) is 15.2 Å². The van der Waals surface area contributed by atoms with E-state index in [1.54, 1.807) is 47.4 Å². The fourth-order valence-electron chi connectivity index (χ4n) is 6.02. The number of nitrogens with zero attached hydrogens (tertiary/aromatic N) is 4. The van der Waals surface area contributed by atoms with E-state index >= 15 is 0 Å². The Labute approximate surface area is 236 Å². The van der Waals surface area contributed by atoms with Gasteiger partial charge in [0.15, 0.2) is 5.78 Å². The van der Waals surface area contributed by atoms with E-state index in [1.165, 1.54) is 16.3 Å². The number of aromatic nitrogens is 3. The van der Waals surface area contributed by atoms with Crippen molar-refractivity contribution in [2.24, 2.45) is 11.7 Å². The van der Waals surface area contributed by atoms with Crippen molar-refractivity contribution in [3.05, 3.63) is 86.2 Å². The number of rotatable bonds is 4. The van der Waals surface area contributed by atoms with Crippen molar-refractivity contribution in [3.8, 4) is 17.2 Å². The fraction of sp³-hybridized carbons (Fsp3) is 0.400. The standard InChI is InChI=1S/C30H33N5O6/c1-18(36)20-4-6-21(7-5-20)34-27(37)33-15-12-24-26(35(33)28(34)38)23-9-8-22(16-25(23)41-30(24,2)3)40-29(39)32-13-10-19(17-31)11-14-32/h4-9,12,16,19,26H,10-11,13-15,17,31H2,1-3H3. The number of amides is 1. The Kier molecular flexibility index (Phi) is 6.49. The van der Waals surface area contributed by atoms with Crippen LogP contribution < -0.4 is 26.6 Å². The minimum absolute atomic E-state index is 0.104. The second kappa shape index (κ2) is 9.91. The number of allylic oxidation sites excluding steroid dienone is 1. The first-order valence-corrected chi connectivity index (χ1v) is 13.8. The summed E-state index contributed by atoms with van der Waals surface area (Å²) in [4.78, 5) is 53.6. The summed E-state index contributed by atoms with van der Waals surface area (Å²) in [6.07, 6.45) is 3.20. The van der Waals surface area contributed by atoms with E-state index in [0.29, 0.717) is 53.9 Å². The highest BCUT2D eigenvalue weighted by Crippen LogP contribution is 2.47. The highest BCUT2D eigenvalue weighted by molar-refractivity contribution is 5.94. The number of nitrogens with two attached hydrogens (primary N) is 1. The molecule has 3 aliphatic rings. The second-order valence-electron chi connectivity index (χ2n) is 11.3.